The van der Waals surface area contributed by atoms with E-state index in [9.17, 15) is 4.79 Å². The van der Waals surface area contributed by atoms with Gasteiger partial charge in [0.25, 0.3) is 0 Å². The third-order valence-electron chi connectivity index (χ3n) is 7.47. The molecule has 1 aromatic carbocycles. The highest BCUT2D eigenvalue weighted by molar-refractivity contribution is 5.86. The molecule has 8 heteroatoms. The zero-order chi connectivity index (χ0) is 21.3. The van der Waals surface area contributed by atoms with Crippen molar-refractivity contribution < 1.29 is 4.79 Å². The van der Waals surface area contributed by atoms with Crippen LogP contribution in [0.25, 0.3) is 0 Å². The van der Waals surface area contributed by atoms with Crippen molar-refractivity contribution in [1.29, 1.82) is 0 Å². The molecule has 0 radical (unpaired) electrons. The molecule has 0 unspecified atom stereocenters. The Hall–Kier alpha value is -0.560. The van der Waals surface area contributed by atoms with E-state index in [4.69, 9.17) is 0 Å². The Morgan fingerprint density at radius 1 is 0.971 bits per heavy atom. The summed E-state index contributed by atoms with van der Waals surface area (Å²) >= 11 is 0. The molecular weight excluding hydrogens is 491 g/mol. The number of rotatable bonds is 10. The minimum absolute atomic E-state index is 0. The summed E-state index contributed by atoms with van der Waals surface area (Å²) in [7, 11) is 0. The second-order valence-electron chi connectivity index (χ2n) is 10.1. The lowest BCUT2D eigenvalue weighted by Gasteiger charge is -2.46. The number of carbonyl (C=O) groups excluding carboxylic acids is 1. The Balaban J connectivity index is 0.00000193. The zero-order valence-electron chi connectivity index (χ0n) is 20.5. The van der Waals surface area contributed by atoms with Crippen molar-refractivity contribution in [3.05, 3.63) is 35.9 Å². The molecule has 1 amide bonds. The van der Waals surface area contributed by atoms with Gasteiger partial charge in [0.1, 0.15) is 0 Å². The van der Waals surface area contributed by atoms with Crippen molar-refractivity contribution >= 4 is 43.1 Å². The number of benzene rings is 1. The first-order valence-corrected chi connectivity index (χ1v) is 12.7. The van der Waals surface area contributed by atoms with Crippen molar-refractivity contribution in [3.63, 3.8) is 0 Å². The first-order chi connectivity index (χ1) is 15.3. The highest BCUT2D eigenvalue weighted by Gasteiger charge is 2.36. The van der Waals surface area contributed by atoms with Crippen LogP contribution in [-0.4, -0.2) is 67.6 Å². The van der Waals surface area contributed by atoms with Gasteiger partial charge in [-0.05, 0) is 82.1 Å². The molecule has 0 aliphatic carbocycles. The van der Waals surface area contributed by atoms with Gasteiger partial charge in [-0.2, -0.15) is 0 Å². The molecule has 3 aliphatic rings. The molecule has 2 N–H and O–H groups in total. The average molecular weight is 536 g/mol. The van der Waals surface area contributed by atoms with E-state index in [1.165, 1.54) is 57.4 Å². The summed E-state index contributed by atoms with van der Waals surface area (Å²) in [4.78, 5) is 17.4. The maximum absolute atomic E-state index is 12.3. The van der Waals surface area contributed by atoms with Crippen molar-refractivity contribution in [1.82, 2.24) is 20.4 Å². The number of nitrogens with one attached hydrogen (secondary N) is 2. The molecule has 196 valence electrons. The standard InChI is InChI=1S/C26H42N4O.3ClH/c31-26(27-13-8-16-29-14-5-2-6-15-29)12-7-11-25-24-17-23(18-28-25)20-30(21-24)19-22-9-3-1-4-10-22;;;/h1,3-4,9-10,23-25,28H,2,5-8,11-21H2,(H,27,31);3*1H/t23-,24-,25+;;;/m0.../s1. The van der Waals surface area contributed by atoms with E-state index in [0.717, 1.165) is 57.3 Å². The number of hydrogen-bond donors (Lipinski definition) is 2. The molecule has 3 fully saturated rings. The zero-order valence-corrected chi connectivity index (χ0v) is 22.9. The molecule has 3 heterocycles. The van der Waals surface area contributed by atoms with Crippen LogP contribution >= 0.6 is 37.2 Å². The fraction of sp³-hybridized carbons (Fsp3) is 0.731. The molecule has 3 atom stereocenters. The normalized spacial score (nSPS) is 24.8. The fourth-order valence-electron chi connectivity index (χ4n) is 5.87. The van der Waals surface area contributed by atoms with E-state index in [-0.39, 0.29) is 43.1 Å². The summed E-state index contributed by atoms with van der Waals surface area (Å²) < 4.78 is 0. The maximum atomic E-state index is 12.3. The molecule has 4 rings (SSSR count). The number of fused-ring (bicyclic) bond motifs is 2. The SMILES string of the molecule is Cl.Cl.Cl.O=C(CCC[C@H]1NC[C@@H]2C[C@H]1CN(Cc1ccccc1)C2)NCCCN1CCCCC1. The van der Waals surface area contributed by atoms with Gasteiger partial charge < -0.3 is 15.5 Å². The number of piperidine rings is 3. The van der Waals surface area contributed by atoms with Crippen LogP contribution < -0.4 is 10.6 Å². The monoisotopic (exact) mass is 534 g/mol. The number of likely N-dealkylation sites (tertiary alicyclic amines) is 2. The van der Waals surface area contributed by atoms with E-state index in [1.54, 1.807) is 0 Å². The van der Waals surface area contributed by atoms with Crippen molar-refractivity contribution in [2.45, 2.75) is 64.0 Å². The second-order valence-corrected chi connectivity index (χ2v) is 10.1. The van der Waals surface area contributed by atoms with E-state index >= 15 is 0 Å². The van der Waals surface area contributed by atoms with Gasteiger partial charge in [-0.1, -0.05) is 36.8 Å². The Kier molecular flexibility index (Phi) is 15.7. The average Bonchev–Trinajstić information content (AvgIpc) is 2.80. The van der Waals surface area contributed by atoms with Gasteiger partial charge in [-0.25, -0.2) is 0 Å². The highest BCUT2D eigenvalue weighted by atomic mass is 35.5. The number of amides is 1. The highest BCUT2D eigenvalue weighted by Crippen LogP contribution is 2.31. The lowest BCUT2D eigenvalue weighted by Crippen LogP contribution is -2.55. The Morgan fingerprint density at radius 3 is 2.50 bits per heavy atom. The third kappa shape index (κ3) is 10.2. The quantitative estimate of drug-likeness (QED) is 0.432. The van der Waals surface area contributed by atoms with Gasteiger partial charge in [-0.3, -0.25) is 9.69 Å². The van der Waals surface area contributed by atoms with Crippen LogP contribution in [0.5, 0.6) is 0 Å². The summed E-state index contributed by atoms with van der Waals surface area (Å²) in [6.07, 6.45) is 9.29. The molecule has 5 nitrogen and oxygen atoms in total. The van der Waals surface area contributed by atoms with Crippen LogP contribution in [0.3, 0.4) is 0 Å². The van der Waals surface area contributed by atoms with Crippen LogP contribution in [0.4, 0.5) is 0 Å². The van der Waals surface area contributed by atoms with Gasteiger partial charge in [-0.15, -0.1) is 37.2 Å². The van der Waals surface area contributed by atoms with Crippen LogP contribution in [-0.2, 0) is 11.3 Å². The van der Waals surface area contributed by atoms with Gasteiger partial charge in [0.2, 0.25) is 5.91 Å². The molecule has 34 heavy (non-hydrogen) atoms. The Labute approximate surface area is 225 Å². The Morgan fingerprint density at radius 2 is 1.74 bits per heavy atom. The summed E-state index contributed by atoms with van der Waals surface area (Å²) in [6, 6.07) is 11.4. The van der Waals surface area contributed by atoms with Gasteiger partial charge >= 0.3 is 0 Å². The Bertz CT molecular complexity index is 675. The van der Waals surface area contributed by atoms with Crippen molar-refractivity contribution in [2.75, 3.05) is 45.8 Å². The van der Waals surface area contributed by atoms with E-state index in [1.807, 2.05) is 0 Å². The predicted octanol–water partition coefficient (Wildman–Crippen LogP) is 4.52. The first-order valence-electron chi connectivity index (χ1n) is 12.7. The summed E-state index contributed by atoms with van der Waals surface area (Å²) in [5, 5.41) is 6.95. The molecular formula is C26H45Cl3N4O. The maximum Gasteiger partial charge on any atom is 0.219 e. The van der Waals surface area contributed by atoms with Crippen LogP contribution in [0.2, 0.25) is 0 Å². The van der Waals surface area contributed by atoms with Crippen LogP contribution in [0.15, 0.2) is 30.3 Å². The van der Waals surface area contributed by atoms with Crippen molar-refractivity contribution in [3.8, 4) is 0 Å². The van der Waals surface area contributed by atoms with Crippen LogP contribution in [0.1, 0.15) is 56.9 Å². The number of carbonyl (C=O) groups is 1. The number of nitrogens with zero attached hydrogens (tertiary/aromatic N) is 2. The molecule has 2 bridgehead atoms. The molecule has 0 spiro atoms. The third-order valence-corrected chi connectivity index (χ3v) is 7.47. The topological polar surface area (TPSA) is 47.6 Å². The molecule has 0 saturated carbocycles. The van der Waals surface area contributed by atoms with Gasteiger partial charge in [0.15, 0.2) is 0 Å². The van der Waals surface area contributed by atoms with E-state index < -0.39 is 0 Å². The fourth-order valence-corrected chi connectivity index (χ4v) is 5.87. The van der Waals surface area contributed by atoms with Crippen LogP contribution in [0, 0.1) is 11.8 Å². The van der Waals surface area contributed by atoms with E-state index in [2.05, 4.69) is 50.8 Å². The lowest BCUT2D eigenvalue weighted by molar-refractivity contribution is -0.121. The van der Waals surface area contributed by atoms with Gasteiger partial charge in [0.05, 0.1) is 0 Å². The molecule has 3 aliphatic heterocycles. The number of halogens is 3. The summed E-state index contributed by atoms with van der Waals surface area (Å²) in [6.45, 7) is 9.05. The largest absolute Gasteiger partial charge is 0.356 e. The predicted molar refractivity (Wildman–Crippen MR) is 149 cm³/mol. The molecule has 3 saturated heterocycles. The minimum atomic E-state index is 0. The first kappa shape index (κ1) is 31.5. The summed E-state index contributed by atoms with van der Waals surface area (Å²) in [5.41, 5.74) is 1.42. The molecule has 1 aromatic rings. The van der Waals surface area contributed by atoms with Gasteiger partial charge in [0, 0.05) is 38.6 Å². The second kappa shape index (κ2) is 17.0. The van der Waals surface area contributed by atoms with Crippen molar-refractivity contribution in [2.24, 2.45) is 11.8 Å². The van der Waals surface area contributed by atoms with E-state index in [0.29, 0.717) is 12.5 Å². The molecule has 0 aromatic heterocycles. The smallest absolute Gasteiger partial charge is 0.219 e. The number of hydrogen-bond acceptors (Lipinski definition) is 4. The minimum Gasteiger partial charge on any atom is -0.356 e. The lowest BCUT2D eigenvalue weighted by atomic mass is 9.79. The summed E-state index contributed by atoms with van der Waals surface area (Å²) in [5.74, 6) is 1.74.